The summed E-state index contributed by atoms with van der Waals surface area (Å²) in [4.78, 5) is 24.3. The lowest BCUT2D eigenvalue weighted by atomic mass is 9.85. The minimum Gasteiger partial charge on any atom is -0.494 e. The normalized spacial score (nSPS) is 13.8. The maximum Gasteiger partial charge on any atom is 0.303 e. The number of fused-ring (bicyclic) bond motifs is 1. The molecule has 3 aromatic carbocycles. The standard InChI is InChI=1S/C37H43NO4/c39-36(40)15-9-24-38-27-34(33-13-6-7-14-35(33)38)37(41)31-20-22-32(23-21-31)42-25-8-2-5-10-28-16-18-30(19-17-28)26-29-11-3-1-4-12-29/h6-7,13-14,16-23,27,29H,1-5,8-12,15,24-26H2,(H,39,40). The van der Waals surface area contributed by atoms with Crippen LogP contribution in [0, 0.1) is 5.92 Å². The van der Waals surface area contributed by atoms with Crippen LogP contribution < -0.4 is 4.74 Å². The zero-order chi connectivity index (χ0) is 29.1. The van der Waals surface area contributed by atoms with Crippen LogP contribution in [0.3, 0.4) is 0 Å². The van der Waals surface area contributed by atoms with Gasteiger partial charge in [0, 0.05) is 41.2 Å². The average Bonchev–Trinajstić information content (AvgIpc) is 3.38. The molecule has 0 bridgehead atoms. The van der Waals surface area contributed by atoms with E-state index in [0.29, 0.717) is 30.7 Å². The fraction of sp³-hybridized carbons (Fsp3) is 0.405. The number of hydrogen-bond donors (Lipinski definition) is 1. The molecule has 5 heteroatoms. The molecule has 1 saturated carbocycles. The molecule has 220 valence electrons. The number of unbranched alkanes of at least 4 members (excludes halogenated alkanes) is 2. The van der Waals surface area contributed by atoms with E-state index in [1.807, 2.05) is 59.3 Å². The van der Waals surface area contributed by atoms with E-state index in [0.717, 1.165) is 48.3 Å². The van der Waals surface area contributed by atoms with Crippen molar-refractivity contribution in [3.63, 3.8) is 0 Å². The van der Waals surface area contributed by atoms with Gasteiger partial charge in [0.15, 0.2) is 5.78 Å². The Morgan fingerprint density at radius 3 is 2.31 bits per heavy atom. The van der Waals surface area contributed by atoms with Gasteiger partial charge in [0.2, 0.25) is 0 Å². The Kier molecular flexibility index (Phi) is 10.5. The minimum absolute atomic E-state index is 0.0447. The van der Waals surface area contributed by atoms with Crippen molar-refractivity contribution >= 4 is 22.7 Å². The van der Waals surface area contributed by atoms with Crippen molar-refractivity contribution < 1.29 is 19.4 Å². The molecule has 0 spiro atoms. The Morgan fingerprint density at radius 2 is 1.55 bits per heavy atom. The number of rotatable bonds is 15. The summed E-state index contributed by atoms with van der Waals surface area (Å²) in [6, 6.07) is 24.5. The number of para-hydroxylation sites is 1. The average molecular weight is 566 g/mol. The van der Waals surface area contributed by atoms with Crippen molar-refractivity contribution in [1.82, 2.24) is 4.57 Å². The number of aliphatic carboxylic acids is 1. The van der Waals surface area contributed by atoms with E-state index < -0.39 is 5.97 Å². The summed E-state index contributed by atoms with van der Waals surface area (Å²) in [7, 11) is 0. The second kappa shape index (κ2) is 14.9. The second-order valence-electron chi connectivity index (χ2n) is 11.8. The lowest BCUT2D eigenvalue weighted by Crippen LogP contribution is -2.09. The van der Waals surface area contributed by atoms with Gasteiger partial charge >= 0.3 is 5.97 Å². The maximum atomic E-state index is 13.4. The Balaban J connectivity index is 1.05. The molecule has 0 aliphatic heterocycles. The summed E-state index contributed by atoms with van der Waals surface area (Å²) >= 11 is 0. The molecule has 0 unspecified atom stereocenters. The van der Waals surface area contributed by atoms with Crippen molar-refractivity contribution in [2.75, 3.05) is 6.61 Å². The first kappa shape index (κ1) is 29.6. The first-order chi connectivity index (χ1) is 20.6. The molecular formula is C37H43NO4. The van der Waals surface area contributed by atoms with E-state index in [-0.39, 0.29) is 12.2 Å². The van der Waals surface area contributed by atoms with Crippen LogP contribution in [-0.4, -0.2) is 28.0 Å². The quantitative estimate of drug-likeness (QED) is 0.116. The van der Waals surface area contributed by atoms with E-state index in [9.17, 15) is 9.59 Å². The summed E-state index contributed by atoms with van der Waals surface area (Å²) in [5, 5.41) is 9.86. The summed E-state index contributed by atoms with van der Waals surface area (Å²) in [5.74, 6) is 0.806. The Labute approximate surface area is 249 Å². The molecule has 4 aromatic rings. The Morgan fingerprint density at radius 1 is 0.810 bits per heavy atom. The number of ketones is 1. The number of ether oxygens (including phenoxy) is 1. The number of carboxylic acid groups (broad SMARTS) is 1. The third kappa shape index (κ3) is 8.12. The van der Waals surface area contributed by atoms with Gasteiger partial charge < -0.3 is 14.4 Å². The van der Waals surface area contributed by atoms with Crippen molar-refractivity contribution in [3.8, 4) is 5.75 Å². The molecule has 1 aromatic heterocycles. The van der Waals surface area contributed by atoms with Crippen molar-refractivity contribution in [1.29, 1.82) is 0 Å². The zero-order valence-corrected chi connectivity index (χ0v) is 24.6. The molecule has 1 aliphatic rings. The second-order valence-corrected chi connectivity index (χ2v) is 11.8. The fourth-order valence-electron chi connectivity index (χ4n) is 6.24. The van der Waals surface area contributed by atoms with Crippen LogP contribution in [0.25, 0.3) is 10.9 Å². The van der Waals surface area contributed by atoms with Gasteiger partial charge in [-0.05, 0) is 85.9 Å². The van der Waals surface area contributed by atoms with Gasteiger partial charge in [-0.1, -0.05) is 74.6 Å². The van der Waals surface area contributed by atoms with Crippen LogP contribution in [0.2, 0.25) is 0 Å². The molecule has 1 fully saturated rings. The predicted molar refractivity (Wildman–Crippen MR) is 168 cm³/mol. The highest BCUT2D eigenvalue weighted by molar-refractivity contribution is 6.16. The van der Waals surface area contributed by atoms with Gasteiger partial charge in [-0.3, -0.25) is 9.59 Å². The molecule has 1 heterocycles. The molecule has 0 atom stereocenters. The SMILES string of the molecule is O=C(O)CCCn1cc(C(=O)c2ccc(OCCCCCc3ccc(CC4CCCCC4)cc3)cc2)c2ccccc21. The van der Waals surface area contributed by atoms with E-state index in [2.05, 4.69) is 24.3 Å². The molecular weight excluding hydrogens is 522 g/mol. The molecule has 0 saturated heterocycles. The molecule has 1 N–H and O–H groups in total. The largest absolute Gasteiger partial charge is 0.494 e. The third-order valence-electron chi connectivity index (χ3n) is 8.59. The lowest BCUT2D eigenvalue weighted by Gasteiger charge is -2.21. The molecule has 0 amide bonds. The molecule has 5 nitrogen and oxygen atoms in total. The zero-order valence-electron chi connectivity index (χ0n) is 24.6. The molecule has 42 heavy (non-hydrogen) atoms. The van der Waals surface area contributed by atoms with E-state index >= 15 is 0 Å². The monoisotopic (exact) mass is 565 g/mol. The van der Waals surface area contributed by atoms with Crippen LogP contribution >= 0.6 is 0 Å². The molecule has 5 rings (SSSR count). The number of aryl methyl sites for hydroxylation is 2. The predicted octanol–water partition coefficient (Wildman–Crippen LogP) is 8.65. The highest BCUT2D eigenvalue weighted by Gasteiger charge is 2.17. The van der Waals surface area contributed by atoms with E-state index in [1.165, 1.54) is 49.7 Å². The highest BCUT2D eigenvalue weighted by Crippen LogP contribution is 2.27. The van der Waals surface area contributed by atoms with Crippen LogP contribution in [0.1, 0.15) is 91.3 Å². The number of carbonyl (C=O) groups is 2. The number of benzene rings is 3. The van der Waals surface area contributed by atoms with Gasteiger partial charge in [0.25, 0.3) is 0 Å². The molecule has 0 radical (unpaired) electrons. The number of carboxylic acids is 1. The van der Waals surface area contributed by atoms with Gasteiger partial charge in [-0.2, -0.15) is 0 Å². The van der Waals surface area contributed by atoms with Crippen LogP contribution in [-0.2, 0) is 24.2 Å². The Bertz CT molecular complexity index is 1450. The Hall–Kier alpha value is -3.86. The maximum absolute atomic E-state index is 13.4. The summed E-state index contributed by atoms with van der Waals surface area (Å²) in [5.41, 5.74) is 5.10. The van der Waals surface area contributed by atoms with Crippen LogP contribution in [0.4, 0.5) is 0 Å². The van der Waals surface area contributed by atoms with Gasteiger partial charge in [-0.25, -0.2) is 0 Å². The summed E-state index contributed by atoms with van der Waals surface area (Å²) < 4.78 is 7.94. The number of nitrogens with zero attached hydrogens (tertiary/aromatic N) is 1. The van der Waals surface area contributed by atoms with Crippen molar-refractivity contribution in [2.45, 2.75) is 83.6 Å². The first-order valence-corrected chi connectivity index (χ1v) is 15.7. The minimum atomic E-state index is -0.810. The van der Waals surface area contributed by atoms with Crippen LogP contribution in [0.5, 0.6) is 5.75 Å². The number of aromatic nitrogens is 1. The van der Waals surface area contributed by atoms with Crippen molar-refractivity contribution in [3.05, 3.63) is 101 Å². The van der Waals surface area contributed by atoms with Crippen LogP contribution in [0.15, 0.2) is 79.0 Å². The number of hydrogen-bond acceptors (Lipinski definition) is 3. The fourth-order valence-corrected chi connectivity index (χ4v) is 6.24. The summed E-state index contributed by atoms with van der Waals surface area (Å²) in [6.45, 7) is 1.22. The smallest absolute Gasteiger partial charge is 0.303 e. The highest BCUT2D eigenvalue weighted by atomic mass is 16.5. The van der Waals surface area contributed by atoms with E-state index in [1.54, 1.807) is 0 Å². The van der Waals surface area contributed by atoms with Crippen molar-refractivity contribution in [2.24, 2.45) is 5.92 Å². The van der Waals surface area contributed by atoms with Gasteiger partial charge in [-0.15, -0.1) is 0 Å². The van der Waals surface area contributed by atoms with Gasteiger partial charge in [0.05, 0.1) is 6.61 Å². The third-order valence-corrected chi connectivity index (χ3v) is 8.59. The summed E-state index contributed by atoms with van der Waals surface area (Å²) in [6.07, 6.45) is 15.1. The first-order valence-electron chi connectivity index (χ1n) is 15.7. The van der Waals surface area contributed by atoms with Gasteiger partial charge in [0.1, 0.15) is 5.75 Å². The van der Waals surface area contributed by atoms with E-state index in [4.69, 9.17) is 9.84 Å². The number of carbonyl (C=O) groups excluding carboxylic acids is 1. The lowest BCUT2D eigenvalue weighted by molar-refractivity contribution is -0.137. The molecule has 1 aliphatic carbocycles. The topological polar surface area (TPSA) is 68.5 Å².